The highest BCUT2D eigenvalue weighted by atomic mass is 15.2. The van der Waals surface area contributed by atoms with Crippen LogP contribution >= 0.6 is 0 Å². The van der Waals surface area contributed by atoms with Crippen LogP contribution in [0.1, 0.15) is 25.7 Å². The van der Waals surface area contributed by atoms with E-state index in [1.807, 2.05) is 0 Å². The lowest BCUT2D eigenvalue weighted by molar-refractivity contribution is 0.190. The Hall–Kier alpha value is -0.560. The Morgan fingerprint density at radius 3 is 2.88 bits per heavy atom. The molecule has 0 bridgehead atoms. The van der Waals surface area contributed by atoms with Gasteiger partial charge in [-0.2, -0.15) is 0 Å². The maximum Gasteiger partial charge on any atom is 0.0371 e. The van der Waals surface area contributed by atoms with E-state index in [4.69, 9.17) is 12.2 Å². The molecule has 1 heterocycles. The lowest BCUT2D eigenvalue weighted by Gasteiger charge is -2.32. The first-order valence-electron chi connectivity index (χ1n) is 6.23. The minimum absolute atomic E-state index is 0.249. The molecule has 3 heteroatoms. The number of terminal acetylenes is 1. The van der Waals surface area contributed by atoms with Crippen molar-refractivity contribution in [2.75, 3.05) is 33.7 Å². The van der Waals surface area contributed by atoms with E-state index in [1.54, 1.807) is 0 Å². The fourth-order valence-corrected chi connectivity index (χ4v) is 2.40. The van der Waals surface area contributed by atoms with Crippen LogP contribution in [-0.4, -0.2) is 55.6 Å². The average molecular weight is 223 g/mol. The average Bonchev–Trinajstić information content (AvgIpc) is 2.41. The summed E-state index contributed by atoms with van der Waals surface area (Å²) in [6.45, 7) is 3.41. The van der Waals surface area contributed by atoms with Crippen LogP contribution in [0, 0.1) is 12.3 Å². The highest BCUT2D eigenvalue weighted by Crippen LogP contribution is 2.13. The molecule has 1 saturated heterocycles. The van der Waals surface area contributed by atoms with E-state index in [0.717, 1.165) is 32.4 Å². The van der Waals surface area contributed by atoms with Gasteiger partial charge in [-0.15, -0.1) is 12.3 Å². The topological polar surface area (TPSA) is 32.5 Å². The van der Waals surface area contributed by atoms with Gasteiger partial charge in [0.25, 0.3) is 0 Å². The van der Waals surface area contributed by atoms with Gasteiger partial charge in [0.2, 0.25) is 0 Å². The highest BCUT2D eigenvalue weighted by molar-refractivity contribution is 4.88. The van der Waals surface area contributed by atoms with Gasteiger partial charge >= 0.3 is 0 Å². The molecule has 1 aliphatic heterocycles. The molecule has 1 rings (SSSR count). The molecule has 0 aromatic rings. The lowest BCUT2D eigenvalue weighted by Crippen LogP contribution is -2.50. The van der Waals surface area contributed by atoms with Crippen molar-refractivity contribution in [1.82, 2.24) is 9.80 Å². The maximum atomic E-state index is 6.27. The summed E-state index contributed by atoms with van der Waals surface area (Å²) in [7, 11) is 4.37. The van der Waals surface area contributed by atoms with Crippen molar-refractivity contribution in [3.05, 3.63) is 0 Å². The Bertz CT molecular complexity index is 234. The van der Waals surface area contributed by atoms with E-state index in [0.29, 0.717) is 6.04 Å². The summed E-state index contributed by atoms with van der Waals surface area (Å²) < 4.78 is 0. The van der Waals surface area contributed by atoms with Gasteiger partial charge in [-0.3, -0.25) is 0 Å². The quantitative estimate of drug-likeness (QED) is 0.564. The molecule has 1 aliphatic rings. The predicted octanol–water partition coefficient (Wildman–Crippen LogP) is 0.753. The lowest BCUT2D eigenvalue weighted by atomic mass is 10.0. The summed E-state index contributed by atoms with van der Waals surface area (Å²) in [4.78, 5) is 4.79. The number of hydrogen-bond acceptors (Lipinski definition) is 3. The molecule has 0 spiro atoms. The van der Waals surface area contributed by atoms with Gasteiger partial charge in [0, 0.05) is 25.0 Å². The van der Waals surface area contributed by atoms with Crippen LogP contribution in [-0.2, 0) is 0 Å². The summed E-state index contributed by atoms with van der Waals surface area (Å²) >= 11 is 0. The Balaban J connectivity index is 2.44. The number of nitrogens with zero attached hydrogens (tertiary/aromatic N) is 2. The number of nitrogens with two attached hydrogens (primary N) is 1. The number of likely N-dealkylation sites (N-methyl/N-ethyl adjacent to an activating group) is 2. The van der Waals surface area contributed by atoms with Gasteiger partial charge in [0.15, 0.2) is 0 Å². The van der Waals surface area contributed by atoms with Crippen molar-refractivity contribution in [3.63, 3.8) is 0 Å². The first kappa shape index (κ1) is 13.5. The number of rotatable bonds is 4. The third kappa shape index (κ3) is 4.13. The fraction of sp³-hybridized carbons (Fsp3) is 0.846. The summed E-state index contributed by atoms with van der Waals surface area (Å²) in [5, 5.41) is 0. The van der Waals surface area contributed by atoms with Gasteiger partial charge in [-0.05, 0) is 46.4 Å². The second kappa shape index (κ2) is 6.90. The minimum Gasteiger partial charge on any atom is -0.326 e. The van der Waals surface area contributed by atoms with Gasteiger partial charge in [0.05, 0.1) is 0 Å². The van der Waals surface area contributed by atoms with Gasteiger partial charge in [-0.25, -0.2) is 0 Å². The van der Waals surface area contributed by atoms with Gasteiger partial charge < -0.3 is 15.5 Å². The summed E-state index contributed by atoms with van der Waals surface area (Å²) in [5.41, 5.74) is 6.27. The molecule has 0 amide bonds. The van der Waals surface area contributed by atoms with Crippen molar-refractivity contribution in [2.24, 2.45) is 5.73 Å². The maximum absolute atomic E-state index is 6.27. The fourth-order valence-electron chi connectivity index (χ4n) is 2.40. The summed E-state index contributed by atoms with van der Waals surface area (Å²) in [5.74, 6) is 2.68. The molecule has 1 fully saturated rings. The molecule has 0 radical (unpaired) electrons. The standard InChI is InChI=1S/C13H25N3/c1-4-5-6-8-12(14)13-11-15(2)9-7-10-16(13)3/h1,12-13H,5-11,14H2,2-3H3. The zero-order chi connectivity index (χ0) is 12.0. The molecule has 92 valence electrons. The van der Waals surface area contributed by atoms with Gasteiger partial charge in [0.1, 0.15) is 0 Å². The number of hydrogen-bond donors (Lipinski definition) is 1. The highest BCUT2D eigenvalue weighted by Gasteiger charge is 2.25. The van der Waals surface area contributed by atoms with Gasteiger partial charge in [-0.1, -0.05) is 0 Å². The van der Waals surface area contributed by atoms with E-state index in [-0.39, 0.29) is 6.04 Å². The first-order valence-corrected chi connectivity index (χ1v) is 6.23. The Morgan fingerprint density at radius 1 is 1.44 bits per heavy atom. The normalized spacial score (nSPS) is 26.0. The van der Waals surface area contributed by atoms with Crippen LogP contribution in [0.15, 0.2) is 0 Å². The number of unbranched alkanes of at least 4 members (excludes halogenated alkanes) is 1. The summed E-state index contributed by atoms with van der Waals surface area (Å²) in [6.07, 6.45) is 9.42. The van der Waals surface area contributed by atoms with E-state index in [2.05, 4.69) is 29.8 Å². The smallest absolute Gasteiger partial charge is 0.0371 e. The third-order valence-electron chi connectivity index (χ3n) is 3.47. The minimum atomic E-state index is 0.249. The predicted molar refractivity (Wildman–Crippen MR) is 69.2 cm³/mol. The van der Waals surface area contributed by atoms with Crippen LogP contribution in [0.4, 0.5) is 0 Å². The largest absolute Gasteiger partial charge is 0.326 e. The zero-order valence-corrected chi connectivity index (χ0v) is 10.7. The van der Waals surface area contributed by atoms with Crippen LogP contribution in [0.25, 0.3) is 0 Å². The molecular weight excluding hydrogens is 198 g/mol. The second-order valence-corrected chi connectivity index (χ2v) is 4.92. The Morgan fingerprint density at radius 2 is 2.19 bits per heavy atom. The molecule has 2 N–H and O–H groups in total. The second-order valence-electron chi connectivity index (χ2n) is 4.92. The van der Waals surface area contributed by atoms with E-state index in [1.165, 1.54) is 13.0 Å². The third-order valence-corrected chi connectivity index (χ3v) is 3.47. The van der Waals surface area contributed by atoms with E-state index in [9.17, 15) is 0 Å². The SMILES string of the molecule is C#CCCCC(N)C1CN(C)CCCN1C. The van der Waals surface area contributed by atoms with E-state index < -0.39 is 0 Å². The molecule has 3 nitrogen and oxygen atoms in total. The van der Waals surface area contributed by atoms with Crippen molar-refractivity contribution in [1.29, 1.82) is 0 Å². The zero-order valence-electron chi connectivity index (χ0n) is 10.7. The summed E-state index contributed by atoms with van der Waals surface area (Å²) in [6, 6.07) is 0.726. The van der Waals surface area contributed by atoms with Crippen LogP contribution < -0.4 is 5.73 Å². The van der Waals surface area contributed by atoms with Crippen molar-refractivity contribution >= 4 is 0 Å². The molecule has 0 aromatic heterocycles. The molecule has 0 saturated carbocycles. The van der Waals surface area contributed by atoms with Crippen LogP contribution in [0.2, 0.25) is 0 Å². The monoisotopic (exact) mass is 223 g/mol. The van der Waals surface area contributed by atoms with Crippen LogP contribution in [0.3, 0.4) is 0 Å². The Labute approximate surface area is 100.0 Å². The molecular formula is C13H25N3. The first-order chi connectivity index (χ1) is 7.65. The van der Waals surface area contributed by atoms with Crippen molar-refractivity contribution in [3.8, 4) is 12.3 Å². The van der Waals surface area contributed by atoms with Crippen molar-refractivity contribution in [2.45, 2.75) is 37.8 Å². The van der Waals surface area contributed by atoms with Crippen LogP contribution in [0.5, 0.6) is 0 Å². The molecule has 0 aliphatic carbocycles. The molecule has 2 atom stereocenters. The van der Waals surface area contributed by atoms with E-state index >= 15 is 0 Å². The Kier molecular flexibility index (Phi) is 5.83. The molecule has 16 heavy (non-hydrogen) atoms. The molecule has 0 aromatic carbocycles. The van der Waals surface area contributed by atoms with Crippen molar-refractivity contribution < 1.29 is 0 Å². The molecule has 2 unspecified atom stereocenters.